The molecule has 2 rings (SSSR count). The molecule has 0 spiro atoms. The number of quaternary nitrogens is 1. The summed E-state index contributed by atoms with van der Waals surface area (Å²) in [4.78, 5) is 7.80. The average Bonchev–Trinajstić information content (AvgIpc) is 2.55. The number of nitriles is 3. The second kappa shape index (κ2) is 6.76. The fourth-order valence-corrected chi connectivity index (χ4v) is 2.76. The lowest BCUT2D eigenvalue weighted by Gasteiger charge is -2.33. The van der Waals surface area contributed by atoms with Crippen molar-refractivity contribution >= 4 is 11.6 Å². The molecule has 0 unspecified atom stereocenters. The molecule has 0 saturated carbocycles. The maximum atomic E-state index is 9.48. The zero-order valence-electron chi connectivity index (χ0n) is 12.6. The van der Waals surface area contributed by atoms with Crippen LogP contribution in [-0.4, -0.2) is 37.7 Å². The van der Waals surface area contributed by atoms with E-state index < -0.39 is 0 Å². The first-order chi connectivity index (χ1) is 10.7. The zero-order valence-corrected chi connectivity index (χ0v) is 12.6. The summed E-state index contributed by atoms with van der Waals surface area (Å²) in [6.07, 6.45) is -0.0221. The topological polar surface area (TPSA) is 118 Å². The highest BCUT2D eigenvalue weighted by atomic mass is 15.3. The van der Waals surface area contributed by atoms with Crippen LogP contribution >= 0.6 is 0 Å². The van der Waals surface area contributed by atoms with Gasteiger partial charge in [0.25, 0.3) is 0 Å². The Hall–Kier alpha value is -2.82. The molecular weight excluding hydrogens is 278 g/mol. The lowest BCUT2D eigenvalue weighted by molar-refractivity contribution is -0.898. The van der Waals surface area contributed by atoms with Crippen molar-refractivity contribution in [3.05, 3.63) is 16.7 Å². The fraction of sp³-hybridized carbons (Fsp3) is 0.467. The summed E-state index contributed by atoms with van der Waals surface area (Å²) < 4.78 is 0. The number of nitrogen functional groups attached to an aromatic ring is 1. The van der Waals surface area contributed by atoms with Crippen LogP contribution in [0.1, 0.15) is 23.6 Å². The van der Waals surface area contributed by atoms with Gasteiger partial charge in [0.05, 0.1) is 50.8 Å². The largest absolute Gasteiger partial charge is 0.383 e. The number of rotatable bonds is 3. The van der Waals surface area contributed by atoms with Crippen molar-refractivity contribution in [2.24, 2.45) is 0 Å². The van der Waals surface area contributed by atoms with E-state index in [1.165, 1.54) is 4.90 Å². The van der Waals surface area contributed by atoms with Crippen molar-refractivity contribution in [3.8, 4) is 18.2 Å². The van der Waals surface area contributed by atoms with E-state index in [0.29, 0.717) is 16.9 Å². The second-order valence-corrected chi connectivity index (χ2v) is 5.20. The maximum absolute atomic E-state index is 9.48. The lowest BCUT2D eigenvalue weighted by Crippen LogP contribution is -3.14. The molecule has 1 aromatic heterocycles. The van der Waals surface area contributed by atoms with Crippen LogP contribution in [0.4, 0.5) is 11.6 Å². The van der Waals surface area contributed by atoms with Gasteiger partial charge in [0.1, 0.15) is 29.3 Å². The van der Waals surface area contributed by atoms with Gasteiger partial charge < -0.3 is 15.5 Å². The Morgan fingerprint density at radius 2 is 1.82 bits per heavy atom. The van der Waals surface area contributed by atoms with Crippen molar-refractivity contribution in [1.82, 2.24) is 4.98 Å². The molecule has 7 heteroatoms. The SMILES string of the molecule is CC[NH+]1CCN(c2nc(N)c(C#N)c(CC#N)c2C#N)CC1. The van der Waals surface area contributed by atoms with Gasteiger partial charge in [0.2, 0.25) is 0 Å². The molecule has 1 aromatic rings. The number of nitrogens with one attached hydrogen (secondary N) is 1. The van der Waals surface area contributed by atoms with E-state index >= 15 is 0 Å². The van der Waals surface area contributed by atoms with Gasteiger partial charge in [-0.1, -0.05) is 0 Å². The minimum Gasteiger partial charge on any atom is -0.383 e. The predicted octanol–water partition coefficient (Wildman–Crippen LogP) is -0.802. The monoisotopic (exact) mass is 296 g/mol. The summed E-state index contributed by atoms with van der Waals surface area (Å²) in [6, 6.07) is 6.06. The van der Waals surface area contributed by atoms with E-state index in [2.05, 4.69) is 18.0 Å². The summed E-state index contributed by atoms with van der Waals surface area (Å²) in [6.45, 7) is 6.72. The zero-order chi connectivity index (χ0) is 16.1. The summed E-state index contributed by atoms with van der Waals surface area (Å²) in [5.74, 6) is 0.589. The first kappa shape index (κ1) is 15.6. The number of aromatic nitrogens is 1. The average molecular weight is 296 g/mol. The highest BCUT2D eigenvalue weighted by Crippen LogP contribution is 2.28. The molecule has 1 aliphatic heterocycles. The molecule has 1 aliphatic rings. The van der Waals surface area contributed by atoms with Crippen LogP contribution in [0.25, 0.3) is 0 Å². The predicted molar refractivity (Wildman–Crippen MR) is 80.8 cm³/mol. The Bertz CT molecular complexity index is 682. The van der Waals surface area contributed by atoms with Crippen LogP contribution in [0.15, 0.2) is 0 Å². The normalized spacial score (nSPS) is 14.9. The molecular formula is C15H18N7+. The third-order valence-corrected chi connectivity index (χ3v) is 4.06. The van der Waals surface area contributed by atoms with Crippen molar-refractivity contribution in [2.75, 3.05) is 43.4 Å². The molecule has 0 atom stereocenters. The lowest BCUT2D eigenvalue weighted by atomic mass is 10.0. The van der Waals surface area contributed by atoms with Crippen molar-refractivity contribution in [1.29, 1.82) is 15.8 Å². The van der Waals surface area contributed by atoms with Gasteiger partial charge in [-0.15, -0.1) is 0 Å². The van der Waals surface area contributed by atoms with E-state index in [1.54, 1.807) is 0 Å². The van der Waals surface area contributed by atoms with E-state index in [4.69, 9.17) is 11.0 Å². The van der Waals surface area contributed by atoms with Gasteiger partial charge in [-0.3, -0.25) is 0 Å². The van der Waals surface area contributed by atoms with Gasteiger partial charge in [-0.2, -0.15) is 15.8 Å². The minimum absolute atomic E-state index is 0.0221. The minimum atomic E-state index is -0.0221. The Kier molecular flexibility index (Phi) is 4.78. The van der Waals surface area contributed by atoms with Crippen LogP contribution in [0.2, 0.25) is 0 Å². The maximum Gasteiger partial charge on any atom is 0.149 e. The summed E-state index contributed by atoms with van der Waals surface area (Å²) in [5, 5.41) is 27.7. The van der Waals surface area contributed by atoms with Crippen LogP contribution in [0.3, 0.4) is 0 Å². The number of piperazine rings is 1. The molecule has 22 heavy (non-hydrogen) atoms. The Morgan fingerprint density at radius 1 is 1.18 bits per heavy atom. The molecule has 0 aromatic carbocycles. The number of hydrogen-bond donors (Lipinski definition) is 2. The van der Waals surface area contributed by atoms with Crippen LogP contribution in [-0.2, 0) is 6.42 Å². The molecule has 0 aliphatic carbocycles. The van der Waals surface area contributed by atoms with Crippen LogP contribution in [0, 0.1) is 34.0 Å². The third kappa shape index (κ3) is 2.79. The number of nitrogens with two attached hydrogens (primary N) is 1. The molecule has 1 fully saturated rings. The molecule has 0 radical (unpaired) electrons. The molecule has 1 saturated heterocycles. The Labute approximate surface area is 129 Å². The third-order valence-electron chi connectivity index (χ3n) is 4.06. The van der Waals surface area contributed by atoms with Crippen molar-refractivity contribution in [2.45, 2.75) is 13.3 Å². The van der Waals surface area contributed by atoms with Crippen LogP contribution in [0.5, 0.6) is 0 Å². The van der Waals surface area contributed by atoms with Crippen molar-refractivity contribution in [3.63, 3.8) is 0 Å². The van der Waals surface area contributed by atoms with E-state index in [-0.39, 0.29) is 17.8 Å². The number of likely N-dealkylation sites (N-methyl/N-ethyl adjacent to an activating group) is 1. The van der Waals surface area contributed by atoms with Crippen LogP contribution < -0.4 is 15.5 Å². The summed E-state index contributed by atoms with van der Waals surface area (Å²) in [5.41, 5.74) is 6.69. The standard InChI is InChI=1S/C15H17N7/c1-2-21-5-7-22(8-6-21)15-13(10-18)11(3-4-16)12(9-17)14(19)20-15/h2-3,5-8H2,1H3,(H2,19,20)/p+1. The van der Waals surface area contributed by atoms with E-state index in [1.807, 2.05) is 17.0 Å². The van der Waals surface area contributed by atoms with Gasteiger partial charge in [0.15, 0.2) is 0 Å². The van der Waals surface area contributed by atoms with E-state index in [0.717, 1.165) is 32.7 Å². The summed E-state index contributed by atoms with van der Waals surface area (Å²) in [7, 11) is 0. The highest BCUT2D eigenvalue weighted by molar-refractivity contribution is 5.68. The first-order valence-electron chi connectivity index (χ1n) is 7.24. The number of anilines is 2. The molecule has 3 N–H and O–H groups in total. The Balaban J connectivity index is 2.47. The fourth-order valence-electron chi connectivity index (χ4n) is 2.76. The van der Waals surface area contributed by atoms with E-state index in [9.17, 15) is 10.5 Å². The highest BCUT2D eigenvalue weighted by Gasteiger charge is 2.26. The second-order valence-electron chi connectivity index (χ2n) is 5.20. The number of pyridine rings is 1. The molecule has 2 heterocycles. The quantitative estimate of drug-likeness (QED) is 0.753. The van der Waals surface area contributed by atoms with Gasteiger partial charge in [-0.25, -0.2) is 4.98 Å². The first-order valence-corrected chi connectivity index (χ1v) is 7.24. The van der Waals surface area contributed by atoms with Gasteiger partial charge >= 0.3 is 0 Å². The number of nitrogens with zero attached hydrogens (tertiary/aromatic N) is 5. The Morgan fingerprint density at radius 3 is 2.32 bits per heavy atom. The molecule has 112 valence electrons. The molecule has 0 amide bonds. The molecule has 7 nitrogen and oxygen atoms in total. The van der Waals surface area contributed by atoms with Gasteiger partial charge in [0, 0.05) is 5.56 Å². The molecule has 0 bridgehead atoms. The number of hydrogen-bond acceptors (Lipinski definition) is 6. The summed E-state index contributed by atoms with van der Waals surface area (Å²) >= 11 is 0. The smallest absolute Gasteiger partial charge is 0.149 e. The van der Waals surface area contributed by atoms with Gasteiger partial charge in [-0.05, 0) is 6.92 Å². The van der Waals surface area contributed by atoms with Crippen molar-refractivity contribution < 1.29 is 4.90 Å².